The standard InChI is InChI=1S/C7H10FNO2/c8-6-4-9(2-1-3-10)5-7(6)11/h1-3,6-7,11H,4-5H2/t6-,7-/m1/s1. The summed E-state index contributed by atoms with van der Waals surface area (Å²) in [6.45, 7) is 0.441. The van der Waals surface area contributed by atoms with Gasteiger partial charge >= 0.3 is 0 Å². The van der Waals surface area contributed by atoms with Gasteiger partial charge in [-0.1, -0.05) is 0 Å². The normalized spacial score (nSPS) is 31.6. The van der Waals surface area contributed by atoms with Crippen LogP contribution in [0.2, 0.25) is 0 Å². The zero-order valence-electron chi connectivity index (χ0n) is 5.98. The number of aliphatic hydroxyl groups is 1. The highest BCUT2D eigenvalue weighted by atomic mass is 19.1. The fourth-order valence-electron chi connectivity index (χ4n) is 1.05. The van der Waals surface area contributed by atoms with Crippen LogP contribution in [0.1, 0.15) is 0 Å². The monoisotopic (exact) mass is 159 g/mol. The molecule has 1 fully saturated rings. The first-order valence-electron chi connectivity index (χ1n) is 3.42. The van der Waals surface area contributed by atoms with Crippen LogP contribution < -0.4 is 0 Å². The lowest BCUT2D eigenvalue weighted by Crippen LogP contribution is -2.18. The van der Waals surface area contributed by atoms with Gasteiger partial charge in [0.2, 0.25) is 0 Å². The molecule has 1 aliphatic rings. The first-order valence-corrected chi connectivity index (χ1v) is 3.42. The fraction of sp³-hybridized carbons (Fsp3) is 0.571. The third kappa shape index (κ3) is 2.01. The molecule has 0 aromatic carbocycles. The quantitative estimate of drug-likeness (QED) is 0.444. The molecule has 0 unspecified atom stereocenters. The number of hydrogen-bond acceptors (Lipinski definition) is 3. The van der Waals surface area contributed by atoms with Crippen LogP contribution >= 0.6 is 0 Å². The summed E-state index contributed by atoms with van der Waals surface area (Å²) in [6.07, 6.45) is 1.29. The number of aliphatic hydroxyl groups excluding tert-OH is 1. The van der Waals surface area contributed by atoms with Crippen molar-refractivity contribution in [3.63, 3.8) is 0 Å². The minimum Gasteiger partial charge on any atom is -0.388 e. The van der Waals surface area contributed by atoms with E-state index in [4.69, 9.17) is 5.11 Å². The smallest absolute Gasteiger partial charge is 0.145 e. The van der Waals surface area contributed by atoms with Crippen LogP contribution in [0.25, 0.3) is 0 Å². The number of aldehydes is 1. The molecule has 62 valence electrons. The average molecular weight is 159 g/mol. The van der Waals surface area contributed by atoms with Crippen LogP contribution in [-0.4, -0.2) is 41.7 Å². The molecule has 2 atom stereocenters. The average Bonchev–Trinajstić information content (AvgIpc) is 2.28. The van der Waals surface area contributed by atoms with E-state index in [1.54, 1.807) is 4.90 Å². The van der Waals surface area contributed by atoms with Gasteiger partial charge in [0.05, 0.1) is 6.54 Å². The van der Waals surface area contributed by atoms with Crippen LogP contribution in [0.15, 0.2) is 12.3 Å². The Balaban J connectivity index is 2.40. The molecule has 0 aliphatic carbocycles. The maximum absolute atomic E-state index is 12.6. The molecule has 0 saturated carbocycles. The van der Waals surface area contributed by atoms with Gasteiger partial charge in [0.1, 0.15) is 18.6 Å². The van der Waals surface area contributed by atoms with Gasteiger partial charge in [0, 0.05) is 12.7 Å². The topological polar surface area (TPSA) is 40.5 Å². The second kappa shape index (κ2) is 3.48. The maximum atomic E-state index is 12.6. The van der Waals surface area contributed by atoms with E-state index in [0.717, 1.165) is 0 Å². The van der Waals surface area contributed by atoms with Gasteiger partial charge in [-0.15, -0.1) is 0 Å². The zero-order valence-corrected chi connectivity index (χ0v) is 5.98. The SMILES string of the molecule is O=CC=CN1C[C@@H](O)[C@H](F)C1. The maximum Gasteiger partial charge on any atom is 0.145 e. The molecule has 0 radical (unpaired) electrons. The third-order valence-corrected chi connectivity index (χ3v) is 1.62. The molecule has 3 nitrogen and oxygen atoms in total. The van der Waals surface area contributed by atoms with E-state index in [0.29, 0.717) is 6.29 Å². The predicted octanol–water partition coefficient (Wildman–Crippen LogP) is -0.286. The predicted molar refractivity (Wildman–Crippen MR) is 37.7 cm³/mol. The molecular weight excluding hydrogens is 149 g/mol. The highest BCUT2D eigenvalue weighted by molar-refractivity contribution is 5.64. The second-order valence-corrected chi connectivity index (χ2v) is 2.51. The Morgan fingerprint density at radius 3 is 2.73 bits per heavy atom. The number of β-amino-alcohol motifs (C(OH)–C–C–N with tert-alkyl or cyclic N) is 1. The summed E-state index contributed by atoms with van der Waals surface area (Å²) < 4.78 is 12.6. The molecule has 4 heteroatoms. The fourth-order valence-corrected chi connectivity index (χ4v) is 1.05. The zero-order chi connectivity index (χ0) is 8.27. The molecule has 0 spiro atoms. The summed E-state index contributed by atoms with van der Waals surface area (Å²) in [5, 5.41) is 8.93. The summed E-state index contributed by atoms with van der Waals surface area (Å²) in [4.78, 5) is 11.4. The van der Waals surface area contributed by atoms with Crippen molar-refractivity contribution in [2.45, 2.75) is 12.3 Å². The van der Waals surface area contributed by atoms with Crippen LogP contribution in [0, 0.1) is 0 Å². The van der Waals surface area contributed by atoms with E-state index >= 15 is 0 Å². The van der Waals surface area contributed by atoms with E-state index in [-0.39, 0.29) is 13.1 Å². The Morgan fingerprint density at radius 2 is 2.27 bits per heavy atom. The van der Waals surface area contributed by atoms with Crippen LogP contribution in [0.4, 0.5) is 4.39 Å². The number of halogens is 1. The molecule has 1 N–H and O–H groups in total. The van der Waals surface area contributed by atoms with Crippen LogP contribution in [0.5, 0.6) is 0 Å². The lowest BCUT2D eigenvalue weighted by Gasteiger charge is -2.08. The Morgan fingerprint density at radius 1 is 1.55 bits per heavy atom. The summed E-state index contributed by atoms with van der Waals surface area (Å²) in [5.74, 6) is 0. The van der Waals surface area contributed by atoms with Crippen molar-refractivity contribution in [1.29, 1.82) is 0 Å². The van der Waals surface area contributed by atoms with Crippen molar-refractivity contribution in [2.24, 2.45) is 0 Å². The molecule has 0 bridgehead atoms. The molecule has 0 aromatic heterocycles. The van der Waals surface area contributed by atoms with Crippen molar-refractivity contribution in [3.05, 3.63) is 12.3 Å². The number of rotatable bonds is 2. The third-order valence-electron chi connectivity index (χ3n) is 1.62. The Hall–Kier alpha value is -0.900. The minimum atomic E-state index is -1.19. The van der Waals surface area contributed by atoms with Crippen molar-refractivity contribution in [2.75, 3.05) is 13.1 Å². The summed E-state index contributed by atoms with van der Waals surface area (Å²) in [7, 11) is 0. The highest BCUT2D eigenvalue weighted by Gasteiger charge is 2.28. The Bertz CT molecular complexity index is 162. The van der Waals surface area contributed by atoms with Gasteiger partial charge in [0.15, 0.2) is 0 Å². The lowest BCUT2D eigenvalue weighted by atomic mass is 10.3. The van der Waals surface area contributed by atoms with Gasteiger partial charge < -0.3 is 10.0 Å². The number of carbonyl (C=O) groups excluding carboxylic acids is 1. The van der Waals surface area contributed by atoms with Crippen LogP contribution in [-0.2, 0) is 4.79 Å². The molecule has 0 amide bonds. The molecule has 1 heterocycles. The highest BCUT2D eigenvalue weighted by Crippen LogP contribution is 2.12. The van der Waals surface area contributed by atoms with E-state index in [2.05, 4.69) is 0 Å². The van der Waals surface area contributed by atoms with Crippen molar-refractivity contribution < 1.29 is 14.3 Å². The molecule has 1 aliphatic heterocycles. The van der Waals surface area contributed by atoms with E-state index < -0.39 is 12.3 Å². The molecular formula is C7H10FNO2. The second-order valence-electron chi connectivity index (χ2n) is 2.51. The molecule has 1 saturated heterocycles. The molecule has 1 rings (SSSR count). The largest absolute Gasteiger partial charge is 0.388 e. The lowest BCUT2D eigenvalue weighted by molar-refractivity contribution is -0.104. The van der Waals surface area contributed by atoms with E-state index in [9.17, 15) is 9.18 Å². The Kier molecular flexibility index (Phi) is 2.59. The number of nitrogens with zero attached hydrogens (tertiary/aromatic N) is 1. The number of alkyl halides is 1. The molecule has 0 aromatic rings. The Labute approximate surface area is 64.1 Å². The van der Waals surface area contributed by atoms with Gasteiger partial charge in [-0.3, -0.25) is 4.79 Å². The van der Waals surface area contributed by atoms with Gasteiger partial charge in [-0.05, 0) is 6.08 Å². The van der Waals surface area contributed by atoms with Crippen molar-refractivity contribution in [3.8, 4) is 0 Å². The van der Waals surface area contributed by atoms with Crippen LogP contribution in [0.3, 0.4) is 0 Å². The molecule has 11 heavy (non-hydrogen) atoms. The number of hydrogen-bond donors (Lipinski definition) is 1. The first kappa shape index (κ1) is 8.20. The number of carbonyl (C=O) groups is 1. The number of allylic oxidation sites excluding steroid dienone is 1. The van der Waals surface area contributed by atoms with E-state index in [1.165, 1.54) is 12.3 Å². The van der Waals surface area contributed by atoms with E-state index in [1.807, 2.05) is 0 Å². The number of likely N-dealkylation sites (tertiary alicyclic amines) is 1. The first-order chi connectivity index (χ1) is 5.24. The van der Waals surface area contributed by atoms with Crippen molar-refractivity contribution >= 4 is 6.29 Å². The minimum absolute atomic E-state index is 0.172. The van der Waals surface area contributed by atoms with Gasteiger partial charge in [-0.2, -0.15) is 0 Å². The summed E-state index contributed by atoms with van der Waals surface area (Å²) >= 11 is 0. The van der Waals surface area contributed by atoms with Gasteiger partial charge in [-0.25, -0.2) is 4.39 Å². The van der Waals surface area contributed by atoms with Gasteiger partial charge in [0.25, 0.3) is 0 Å². The van der Waals surface area contributed by atoms with Crippen molar-refractivity contribution in [1.82, 2.24) is 4.90 Å². The summed E-state index contributed by atoms with van der Waals surface area (Å²) in [6, 6.07) is 0. The summed E-state index contributed by atoms with van der Waals surface area (Å²) in [5.41, 5.74) is 0.